The number of fused-ring (bicyclic) bond motifs is 1. The zero-order valence-electron chi connectivity index (χ0n) is 11.0. The molecule has 0 radical (unpaired) electrons. The molecule has 0 aliphatic rings. The van der Waals surface area contributed by atoms with Crippen molar-refractivity contribution in [3.8, 4) is 11.3 Å². The van der Waals surface area contributed by atoms with Crippen LogP contribution in [0.3, 0.4) is 0 Å². The number of aromatic amines is 1. The monoisotopic (exact) mass is 304 g/mol. The molecule has 0 aliphatic heterocycles. The van der Waals surface area contributed by atoms with Crippen molar-refractivity contribution in [2.75, 3.05) is 7.11 Å². The Balaban J connectivity index is 2.18. The van der Waals surface area contributed by atoms with Gasteiger partial charge in [0.15, 0.2) is 11.5 Å². The molecule has 0 aliphatic carbocycles. The molecule has 106 valence electrons. The fourth-order valence-corrected chi connectivity index (χ4v) is 2.32. The largest absolute Gasteiger partial charge is 0.464 e. The molecule has 3 aromatic rings. The molecule has 2 aromatic heterocycles. The Kier molecular flexibility index (Phi) is 3.35. The number of rotatable bonds is 2. The molecule has 0 fully saturated rings. The van der Waals surface area contributed by atoms with Crippen LogP contribution in [0.5, 0.6) is 0 Å². The molecule has 0 atom stereocenters. The summed E-state index contributed by atoms with van der Waals surface area (Å²) in [7, 11) is 1.22. The molecule has 1 aromatic carbocycles. The van der Waals surface area contributed by atoms with E-state index in [1.165, 1.54) is 7.11 Å². The zero-order valence-corrected chi connectivity index (χ0v) is 11.7. The molecule has 0 saturated heterocycles. The number of carbonyl (C=O) groups excluding carboxylic acids is 1. The molecule has 3 rings (SSSR count). The van der Waals surface area contributed by atoms with Crippen molar-refractivity contribution in [1.29, 1.82) is 0 Å². The van der Waals surface area contributed by atoms with E-state index in [4.69, 9.17) is 11.6 Å². The van der Waals surface area contributed by atoms with E-state index >= 15 is 0 Å². The van der Waals surface area contributed by atoms with E-state index in [1.807, 2.05) is 12.1 Å². The topological polar surface area (TPSA) is 55.0 Å². The Hall–Kier alpha value is -2.40. The lowest BCUT2D eigenvalue weighted by atomic mass is 10.1. The van der Waals surface area contributed by atoms with Crippen molar-refractivity contribution < 1.29 is 13.9 Å². The summed E-state index contributed by atoms with van der Waals surface area (Å²) < 4.78 is 18.7. The van der Waals surface area contributed by atoms with Crippen LogP contribution in [-0.4, -0.2) is 23.0 Å². The lowest BCUT2D eigenvalue weighted by Crippen LogP contribution is -2.07. The summed E-state index contributed by atoms with van der Waals surface area (Å²) in [6.45, 7) is 0. The molecule has 21 heavy (non-hydrogen) atoms. The van der Waals surface area contributed by atoms with Crippen molar-refractivity contribution in [3.05, 3.63) is 53.1 Å². The third-order valence-corrected chi connectivity index (χ3v) is 3.42. The van der Waals surface area contributed by atoms with Crippen LogP contribution < -0.4 is 0 Å². The highest BCUT2D eigenvalue weighted by atomic mass is 35.5. The minimum Gasteiger partial charge on any atom is -0.464 e. The minimum absolute atomic E-state index is 0.0521. The Bertz CT molecular complexity index is 845. The first-order valence-electron chi connectivity index (χ1n) is 6.12. The van der Waals surface area contributed by atoms with E-state index in [-0.39, 0.29) is 16.4 Å². The zero-order chi connectivity index (χ0) is 15.0. The highest BCUT2D eigenvalue weighted by Crippen LogP contribution is 2.28. The smallest absolute Gasteiger partial charge is 0.358 e. The van der Waals surface area contributed by atoms with Crippen LogP contribution in [0.1, 0.15) is 10.5 Å². The molecule has 0 saturated carbocycles. The second-order valence-electron chi connectivity index (χ2n) is 4.42. The molecule has 0 amide bonds. The number of H-pyrrole nitrogens is 1. The number of carbonyl (C=O) groups is 1. The summed E-state index contributed by atoms with van der Waals surface area (Å²) in [5.41, 5.74) is 1.34. The number of pyridine rings is 1. The van der Waals surface area contributed by atoms with Crippen LogP contribution >= 0.6 is 11.6 Å². The van der Waals surface area contributed by atoms with Crippen LogP contribution in [0.15, 0.2) is 36.5 Å². The Labute approximate surface area is 124 Å². The third kappa shape index (κ3) is 2.36. The number of nitrogens with zero attached hydrogens (tertiary/aromatic N) is 1. The summed E-state index contributed by atoms with van der Waals surface area (Å²) in [4.78, 5) is 18.7. The van der Waals surface area contributed by atoms with E-state index in [0.29, 0.717) is 5.56 Å². The number of ether oxygens (including phenoxy) is 1. The molecule has 1 N–H and O–H groups in total. The van der Waals surface area contributed by atoms with E-state index in [1.54, 1.807) is 18.3 Å². The fraction of sp³-hybridized carbons (Fsp3) is 0.0667. The van der Waals surface area contributed by atoms with Crippen molar-refractivity contribution >= 4 is 28.5 Å². The van der Waals surface area contributed by atoms with E-state index in [0.717, 1.165) is 17.0 Å². The van der Waals surface area contributed by atoms with Gasteiger partial charge in [0, 0.05) is 17.3 Å². The SMILES string of the molecule is COC(=O)c1nc(-c2ccc3cc[nH]c3c2)c(F)cc1Cl. The van der Waals surface area contributed by atoms with Gasteiger partial charge in [-0.3, -0.25) is 0 Å². The second kappa shape index (κ2) is 5.18. The average Bonchev–Trinajstić information content (AvgIpc) is 2.94. The average molecular weight is 305 g/mol. The molecular weight excluding hydrogens is 295 g/mol. The van der Waals surface area contributed by atoms with Crippen molar-refractivity contribution in [2.24, 2.45) is 0 Å². The van der Waals surface area contributed by atoms with Gasteiger partial charge in [0.1, 0.15) is 5.69 Å². The van der Waals surface area contributed by atoms with Crippen molar-refractivity contribution in [2.45, 2.75) is 0 Å². The first-order valence-corrected chi connectivity index (χ1v) is 6.50. The fourth-order valence-electron chi connectivity index (χ4n) is 2.10. The quantitative estimate of drug-likeness (QED) is 0.732. The number of benzene rings is 1. The molecule has 6 heteroatoms. The van der Waals surface area contributed by atoms with Gasteiger partial charge in [-0.05, 0) is 23.6 Å². The van der Waals surface area contributed by atoms with Crippen LogP contribution in [0.25, 0.3) is 22.2 Å². The normalized spacial score (nSPS) is 10.8. The predicted octanol–water partition coefficient (Wildman–Crippen LogP) is 3.81. The molecule has 0 unspecified atom stereocenters. The summed E-state index contributed by atoms with van der Waals surface area (Å²) >= 11 is 5.83. The predicted molar refractivity (Wildman–Crippen MR) is 77.8 cm³/mol. The molecule has 0 bridgehead atoms. The maximum absolute atomic E-state index is 14.1. The maximum atomic E-state index is 14.1. The first kappa shape index (κ1) is 13.6. The number of hydrogen-bond donors (Lipinski definition) is 1. The lowest BCUT2D eigenvalue weighted by Gasteiger charge is -2.07. The minimum atomic E-state index is -0.706. The number of methoxy groups -OCH3 is 1. The third-order valence-electron chi connectivity index (χ3n) is 3.14. The number of aromatic nitrogens is 2. The van der Waals surface area contributed by atoms with Gasteiger partial charge in [-0.1, -0.05) is 23.7 Å². The van der Waals surface area contributed by atoms with Gasteiger partial charge >= 0.3 is 5.97 Å². The first-order chi connectivity index (χ1) is 10.1. The highest BCUT2D eigenvalue weighted by Gasteiger charge is 2.18. The molecular formula is C15H10ClFN2O2. The van der Waals surface area contributed by atoms with Crippen molar-refractivity contribution in [1.82, 2.24) is 9.97 Å². The van der Waals surface area contributed by atoms with Gasteiger partial charge in [-0.2, -0.15) is 0 Å². The Morgan fingerprint density at radius 1 is 1.33 bits per heavy atom. The Morgan fingerprint density at radius 2 is 2.14 bits per heavy atom. The highest BCUT2D eigenvalue weighted by molar-refractivity contribution is 6.33. The van der Waals surface area contributed by atoms with Gasteiger partial charge in [0.25, 0.3) is 0 Å². The molecule has 0 spiro atoms. The summed E-state index contributed by atoms with van der Waals surface area (Å²) in [6.07, 6.45) is 1.79. The summed E-state index contributed by atoms with van der Waals surface area (Å²) in [5.74, 6) is -1.30. The molecule has 4 nitrogen and oxygen atoms in total. The van der Waals surface area contributed by atoms with Crippen LogP contribution in [0.2, 0.25) is 5.02 Å². The van der Waals surface area contributed by atoms with Gasteiger partial charge in [-0.15, -0.1) is 0 Å². The van der Waals surface area contributed by atoms with Crippen LogP contribution in [-0.2, 0) is 4.74 Å². The molecule has 2 heterocycles. The maximum Gasteiger partial charge on any atom is 0.358 e. The summed E-state index contributed by atoms with van der Waals surface area (Å²) in [5, 5.41) is 0.922. The number of hydrogen-bond acceptors (Lipinski definition) is 3. The number of halogens is 2. The van der Waals surface area contributed by atoms with Crippen LogP contribution in [0, 0.1) is 5.82 Å². The number of esters is 1. The van der Waals surface area contributed by atoms with Gasteiger partial charge in [0.05, 0.1) is 12.1 Å². The second-order valence-corrected chi connectivity index (χ2v) is 4.83. The van der Waals surface area contributed by atoms with E-state index < -0.39 is 11.8 Å². The van der Waals surface area contributed by atoms with Gasteiger partial charge in [0.2, 0.25) is 0 Å². The van der Waals surface area contributed by atoms with Crippen molar-refractivity contribution in [3.63, 3.8) is 0 Å². The van der Waals surface area contributed by atoms with Gasteiger partial charge in [-0.25, -0.2) is 14.2 Å². The summed E-state index contributed by atoms with van der Waals surface area (Å²) in [6, 6.07) is 8.31. The van der Waals surface area contributed by atoms with Gasteiger partial charge < -0.3 is 9.72 Å². The standard InChI is InChI=1S/C15H10ClFN2O2/c1-21-15(20)14-10(16)7-11(17)13(19-14)9-3-2-8-4-5-18-12(8)6-9/h2-7,18H,1H3. The lowest BCUT2D eigenvalue weighted by molar-refractivity contribution is 0.0594. The van der Waals surface area contributed by atoms with E-state index in [2.05, 4.69) is 14.7 Å². The Morgan fingerprint density at radius 3 is 2.90 bits per heavy atom. The number of nitrogens with one attached hydrogen (secondary N) is 1. The van der Waals surface area contributed by atoms with Crippen LogP contribution in [0.4, 0.5) is 4.39 Å². The van der Waals surface area contributed by atoms with E-state index in [9.17, 15) is 9.18 Å².